The molecule has 0 fully saturated rings. The van der Waals surface area contributed by atoms with Crippen molar-refractivity contribution in [3.05, 3.63) is 47.8 Å². The van der Waals surface area contributed by atoms with Crippen molar-refractivity contribution in [1.82, 2.24) is 10.3 Å². The number of benzene rings is 1. The average molecular weight is 472 g/mol. The molecule has 0 spiro atoms. The van der Waals surface area contributed by atoms with Crippen LogP contribution < -0.4 is 10.1 Å². The van der Waals surface area contributed by atoms with Gasteiger partial charge < -0.3 is 20.3 Å². The number of alkyl halides is 6. The number of carboxylic acid groups (broad SMARTS) is 2. The summed E-state index contributed by atoms with van der Waals surface area (Å²) in [6.45, 7) is 2.21. The van der Waals surface area contributed by atoms with Crippen molar-refractivity contribution in [2.24, 2.45) is 0 Å². The third-order valence-electron chi connectivity index (χ3n) is 3.40. The molecule has 0 saturated carbocycles. The first-order chi connectivity index (χ1) is 14.7. The molecular formula is C18H15F7N2O5. The molecule has 176 valence electrons. The number of nitrogens with one attached hydrogen (secondary N) is 1. The van der Waals surface area contributed by atoms with Crippen LogP contribution in [0.15, 0.2) is 36.4 Å². The lowest BCUT2D eigenvalue weighted by molar-refractivity contribution is -0.193. The first-order valence-electron chi connectivity index (χ1n) is 8.41. The van der Waals surface area contributed by atoms with Crippen molar-refractivity contribution < 1.29 is 55.3 Å². The average Bonchev–Trinajstić information content (AvgIpc) is 2.93. The minimum atomic E-state index is -5.08. The molecule has 2 heterocycles. The minimum absolute atomic E-state index is 0.242. The van der Waals surface area contributed by atoms with E-state index < -0.39 is 24.3 Å². The lowest BCUT2D eigenvalue weighted by Crippen LogP contribution is -2.21. The molecule has 0 aliphatic carbocycles. The van der Waals surface area contributed by atoms with E-state index >= 15 is 0 Å². The monoisotopic (exact) mass is 472 g/mol. The van der Waals surface area contributed by atoms with E-state index in [4.69, 9.17) is 24.5 Å². The Hall–Kier alpha value is -3.42. The summed E-state index contributed by atoms with van der Waals surface area (Å²) in [6.07, 6.45) is -10.2. The predicted molar refractivity (Wildman–Crippen MR) is 94.2 cm³/mol. The van der Waals surface area contributed by atoms with Gasteiger partial charge in [0.25, 0.3) is 0 Å². The number of fused-ring (bicyclic) bond motifs is 1. The Kier molecular flexibility index (Phi) is 9.37. The van der Waals surface area contributed by atoms with Crippen molar-refractivity contribution >= 4 is 11.9 Å². The molecule has 0 saturated heterocycles. The highest BCUT2D eigenvalue weighted by Crippen LogP contribution is 2.24. The molecule has 0 radical (unpaired) electrons. The predicted octanol–water partition coefficient (Wildman–Crippen LogP) is 3.64. The highest BCUT2D eigenvalue weighted by Gasteiger charge is 2.38. The number of halogens is 7. The number of carboxylic acids is 2. The quantitative estimate of drug-likeness (QED) is 0.544. The second-order valence-corrected chi connectivity index (χ2v) is 5.80. The topological polar surface area (TPSA) is 109 Å². The van der Waals surface area contributed by atoms with Gasteiger partial charge in [-0.2, -0.15) is 26.3 Å². The zero-order valence-corrected chi connectivity index (χ0v) is 15.8. The van der Waals surface area contributed by atoms with Crippen LogP contribution in [0.1, 0.15) is 5.56 Å². The molecule has 0 unspecified atom stereocenters. The highest BCUT2D eigenvalue weighted by molar-refractivity contribution is 5.73. The molecule has 2 aromatic rings. The molecular weight excluding hydrogens is 457 g/mol. The van der Waals surface area contributed by atoms with E-state index in [9.17, 15) is 30.7 Å². The number of pyridine rings is 1. The summed E-state index contributed by atoms with van der Waals surface area (Å²) in [5.41, 5.74) is 2.74. The molecule has 14 heteroatoms. The molecule has 0 amide bonds. The van der Waals surface area contributed by atoms with Gasteiger partial charge in [0.2, 0.25) is 5.88 Å². The van der Waals surface area contributed by atoms with Crippen LogP contribution in [0.25, 0.3) is 11.3 Å². The van der Waals surface area contributed by atoms with Crippen LogP contribution >= 0.6 is 0 Å². The Bertz CT molecular complexity index is 891. The van der Waals surface area contributed by atoms with E-state index in [1.165, 1.54) is 12.1 Å². The Morgan fingerprint density at radius 1 is 0.906 bits per heavy atom. The summed E-state index contributed by atoms with van der Waals surface area (Å²) in [7, 11) is 0. The molecule has 7 nitrogen and oxygen atoms in total. The molecule has 32 heavy (non-hydrogen) atoms. The van der Waals surface area contributed by atoms with Gasteiger partial charge in [-0.15, -0.1) is 0 Å². The van der Waals surface area contributed by atoms with Crippen LogP contribution in [0.2, 0.25) is 0 Å². The van der Waals surface area contributed by atoms with Gasteiger partial charge in [0.05, 0.1) is 5.69 Å². The van der Waals surface area contributed by atoms with Crippen LogP contribution in [0.4, 0.5) is 30.7 Å². The smallest absolute Gasteiger partial charge is 0.476 e. The number of hydrogen-bond acceptors (Lipinski definition) is 5. The van der Waals surface area contributed by atoms with Gasteiger partial charge in [-0.05, 0) is 30.3 Å². The van der Waals surface area contributed by atoms with Crippen LogP contribution in [0.5, 0.6) is 5.88 Å². The Morgan fingerprint density at radius 2 is 1.41 bits per heavy atom. The summed E-state index contributed by atoms with van der Waals surface area (Å²) in [5.74, 6) is -5.09. The number of nitrogens with zero attached hydrogens (tertiary/aromatic N) is 1. The summed E-state index contributed by atoms with van der Waals surface area (Å²) in [4.78, 5) is 22.3. The lowest BCUT2D eigenvalue weighted by Gasteiger charge is -2.08. The molecule has 0 bridgehead atoms. The standard InChI is InChI=1S/C14H13FN2O.2C2HF3O2/c15-12-4-1-10(2-5-12)13-6-3-11-9-16-7-8-18-14(11)17-13;2*3-2(4,5)1(6)7/h1-6,16H,7-9H2;2*(H,6,7). The zero-order chi connectivity index (χ0) is 24.5. The van der Waals surface area contributed by atoms with E-state index in [2.05, 4.69) is 10.3 Å². The first-order valence-corrected chi connectivity index (χ1v) is 8.41. The number of carbonyl (C=O) groups is 2. The van der Waals surface area contributed by atoms with Gasteiger partial charge in [-0.1, -0.05) is 6.07 Å². The largest absolute Gasteiger partial charge is 0.490 e. The number of hydrogen-bond donors (Lipinski definition) is 3. The van der Waals surface area contributed by atoms with Gasteiger partial charge in [-0.25, -0.2) is 19.0 Å². The normalized spacial score (nSPS) is 13.1. The van der Waals surface area contributed by atoms with Gasteiger partial charge in [0.1, 0.15) is 12.4 Å². The van der Waals surface area contributed by atoms with Crippen molar-refractivity contribution in [1.29, 1.82) is 0 Å². The van der Waals surface area contributed by atoms with Gasteiger partial charge in [-0.3, -0.25) is 0 Å². The maximum Gasteiger partial charge on any atom is 0.490 e. The van der Waals surface area contributed by atoms with E-state index in [-0.39, 0.29) is 5.82 Å². The first kappa shape index (κ1) is 26.6. The summed E-state index contributed by atoms with van der Waals surface area (Å²) >= 11 is 0. The maximum atomic E-state index is 12.9. The van der Waals surface area contributed by atoms with Crippen molar-refractivity contribution in [2.75, 3.05) is 13.2 Å². The van der Waals surface area contributed by atoms with Crippen molar-refractivity contribution in [3.63, 3.8) is 0 Å². The van der Waals surface area contributed by atoms with Gasteiger partial charge in [0, 0.05) is 24.2 Å². The van der Waals surface area contributed by atoms with Crippen LogP contribution in [0, 0.1) is 5.82 Å². The molecule has 1 aliphatic heterocycles. The van der Waals surface area contributed by atoms with Crippen LogP contribution in [-0.2, 0) is 16.1 Å². The SMILES string of the molecule is Fc1ccc(-c2ccc3c(n2)OCCNC3)cc1.O=C(O)C(F)(F)F.O=C(O)C(F)(F)F. The van der Waals surface area contributed by atoms with E-state index in [1.54, 1.807) is 12.1 Å². The van der Waals surface area contributed by atoms with Gasteiger partial charge in [0.15, 0.2) is 0 Å². The highest BCUT2D eigenvalue weighted by atomic mass is 19.4. The maximum absolute atomic E-state index is 12.9. The van der Waals surface area contributed by atoms with Crippen molar-refractivity contribution in [2.45, 2.75) is 18.9 Å². The molecule has 1 aromatic heterocycles. The van der Waals surface area contributed by atoms with E-state index in [0.29, 0.717) is 12.5 Å². The summed E-state index contributed by atoms with van der Waals surface area (Å²) in [6, 6.07) is 10.2. The van der Waals surface area contributed by atoms with Gasteiger partial charge >= 0.3 is 24.3 Å². The fourth-order valence-electron chi connectivity index (χ4n) is 1.95. The third kappa shape index (κ3) is 9.16. The third-order valence-corrected chi connectivity index (χ3v) is 3.40. The van der Waals surface area contributed by atoms with E-state index in [1.807, 2.05) is 12.1 Å². The fourth-order valence-corrected chi connectivity index (χ4v) is 1.95. The number of aromatic nitrogens is 1. The Morgan fingerprint density at radius 3 is 1.88 bits per heavy atom. The van der Waals surface area contributed by atoms with Crippen LogP contribution in [-0.4, -0.2) is 52.6 Å². The Labute approximate surface area is 175 Å². The molecule has 3 rings (SSSR count). The number of aliphatic carboxylic acids is 2. The second-order valence-electron chi connectivity index (χ2n) is 5.80. The second kappa shape index (κ2) is 11.3. The molecule has 3 N–H and O–H groups in total. The zero-order valence-electron chi connectivity index (χ0n) is 15.8. The van der Waals surface area contributed by atoms with E-state index in [0.717, 1.165) is 29.9 Å². The number of rotatable bonds is 1. The molecule has 1 aromatic carbocycles. The molecule has 1 aliphatic rings. The fraction of sp³-hybridized carbons (Fsp3) is 0.278. The Balaban J connectivity index is 0.000000305. The van der Waals surface area contributed by atoms with Crippen molar-refractivity contribution in [3.8, 4) is 17.1 Å². The lowest BCUT2D eigenvalue weighted by atomic mass is 10.1. The summed E-state index contributed by atoms with van der Waals surface area (Å²) in [5, 5.41) is 17.5. The van der Waals surface area contributed by atoms with Crippen LogP contribution in [0.3, 0.4) is 0 Å². The molecule has 0 atom stereocenters. The number of ether oxygens (including phenoxy) is 1. The minimum Gasteiger partial charge on any atom is -0.476 e. The summed E-state index contributed by atoms with van der Waals surface area (Å²) < 4.78 is 81.9.